The predicted molar refractivity (Wildman–Crippen MR) is 69.5 cm³/mol. The van der Waals surface area contributed by atoms with Crippen LogP contribution in [0.3, 0.4) is 0 Å². The third kappa shape index (κ3) is 1.63. The van der Waals surface area contributed by atoms with E-state index in [-0.39, 0.29) is 24.3 Å². The molecule has 1 N–H and O–H groups in total. The lowest BCUT2D eigenvalue weighted by Gasteiger charge is -2.53. The van der Waals surface area contributed by atoms with Crippen molar-refractivity contribution in [3.63, 3.8) is 0 Å². The van der Waals surface area contributed by atoms with E-state index in [0.29, 0.717) is 12.0 Å². The first-order valence-corrected chi connectivity index (χ1v) is 6.55. The van der Waals surface area contributed by atoms with Gasteiger partial charge in [0.1, 0.15) is 0 Å². The number of hydrogen-bond donors (Lipinski definition) is 1. The van der Waals surface area contributed by atoms with Crippen LogP contribution in [-0.4, -0.2) is 34.0 Å². The fraction of sp³-hybridized carbons (Fsp3) is 0.467. The molecule has 0 spiro atoms. The molecule has 1 heterocycles. The monoisotopic (exact) mass is 259 g/mol. The van der Waals surface area contributed by atoms with E-state index in [1.54, 1.807) is 6.07 Å². The fourth-order valence-corrected chi connectivity index (χ4v) is 3.01. The van der Waals surface area contributed by atoms with Gasteiger partial charge in [-0.25, -0.2) is 0 Å². The Labute approximate surface area is 112 Å². The van der Waals surface area contributed by atoms with Crippen molar-refractivity contribution in [2.75, 3.05) is 0 Å². The summed E-state index contributed by atoms with van der Waals surface area (Å²) in [5.74, 6) is -0.384. The zero-order valence-corrected chi connectivity index (χ0v) is 11.1. The van der Waals surface area contributed by atoms with Gasteiger partial charge in [0.2, 0.25) is 5.91 Å². The molecule has 0 radical (unpaired) electrons. The summed E-state index contributed by atoms with van der Waals surface area (Å²) in [7, 11) is 0. The van der Waals surface area contributed by atoms with E-state index in [9.17, 15) is 14.7 Å². The van der Waals surface area contributed by atoms with Gasteiger partial charge in [-0.05, 0) is 18.1 Å². The molecular weight excluding hydrogens is 242 g/mol. The summed E-state index contributed by atoms with van der Waals surface area (Å²) in [5, 5.41) is 9.80. The number of carbonyl (C=O) groups is 2. The summed E-state index contributed by atoms with van der Waals surface area (Å²) in [5.41, 5.74) is 0.989. The van der Waals surface area contributed by atoms with Gasteiger partial charge in [0.15, 0.2) is 0 Å². The highest BCUT2D eigenvalue weighted by Gasteiger charge is 2.54. The summed E-state index contributed by atoms with van der Waals surface area (Å²) in [6.07, 6.45) is 0.298. The van der Waals surface area contributed by atoms with E-state index < -0.39 is 11.5 Å². The molecule has 19 heavy (non-hydrogen) atoms. The van der Waals surface area contributed by atoms with Crippen LogP contribution in [0.25, 0.3) is 0 Å². The van der Waals surface area contributed by atoms with Crippen LogP contribution in [0.5, 0.6) is 0 Å². The molecule has 2 unspecified atom stereocenters. The largest absolute Gasteiger partial charge is 0.392 e. The van der Waals surface area contributed by atoms with Gasteiger partial charge < -0.3 is 5.11 Å². The average Bonchev–Trinajstić information content (AvgIpc) is 2.38. The highest BCUT2D eigenvalue weighted by molar-refractivity contribution is 6.10. The van der Waals surface area contributed by atoms with Gasteiger partial charge >= 0.3 is 0 Å². The van der Waals surface area contributed by atoms with Gasteiger partial charge in [-0.3, -0.25) is 14.5 Å². The Kier molecular flexibility index (Phi) is 2.54. The van der Waals surface area contributed by atoms with E-state index in [1.165, 1.54) is 4.90 Å². The molecule has 1 aromatic rings. The molecule has 1 aliphatic carbocycles. The van der Waals surface area contributed by atoms with Crippen molar-refractivity contribution in [3.8, 4) is 0 Å². The van der Waals surface area contributed by atoms with Crippen LogP contribution in [-0.2, 0) is 11.2 Å². The van der Waals surface area contributed by atoms with E-state index in [2.05, 4.69) is 0 Å². The lowest BCUT2D eigenvalue weighted by Crippen LogP contribution is -2.65. The molecule has 2 atom stereocenters. The second-order valence-corrected chi connectivity index (χ2v) is 5.99. The van der Waals surface area contributed by atoms with E-state index in [1.807, 2.05) is 32.0 Å². The summed E-state index contributed by atoms with van der Waals surface area (Å²) in [4.78, 5) is 26.1. The van der Waals surface area contributed by atoms with Crippen LogP contribution >= 0.6 is 0 Å². The van der Waals surface area contributed by atoms with Crippen molar-refractivity contribution < 1.29 is 14.7 Å². The first-order valence-electron chi connectivity index (χ1n) is 6.55. The lowest BCUT2D eigenvalue weighted by atomic mass is 9.63. The van der Waals surface area contributed by atoms with Crippen LogP contribution in [0.15, 0.2) is 24.3 Å². The Morgan fingerprint density at radius 3 is 2.58 bits per heavy atom. The van der Waals surface area contributed by atoms with Gasteiger partial charge in [-0.1, -0.05) is 32.0 Å². The molecule has 1 saturated carbocycles. The number of hydrogen-bond acceptors (Lipinski definition) is 3. The van der Waals surface area contributed by atoms with Gasteiger partial charge in [-0.2, -0.15) is 0 Å². The summed E-state index contributed by atoms with van der Waals surface area (Å²) in [6.45, 7) is 3.79. The van der Waals surface area contributed by atoms with Crippen molar-refractivity contribution in [2.24, 2.45) is 5.41 Å². The third-order valence-electron chi connectivity index (χ3n) is 4.55. The Morgan fingerprint density at radius 2 is 1.95 bits per heavy atom. The first kappa shape index (κ1) is 12.4. The molecule has 4 nitrogen and oxygen atoms in total. The number of aliphatic hydroxyl groups is 1. The van der Waals surface area contributed by atoms with Crippen LogP contribution in [0.2, 0.25) is 0 Å². The van der Waals surface area contributed by atoms with Crippen LogP contribution < -0.4 is 0 Å². The first-order chi connectivity index (χ1) is 8.93. The number of nitrogens with zero attached hydrogens (tertiary/aromatic N) is 1. The number of carbonyl (C=O) groups excluding carboxylic acids is 2. The van der Waals surface area contributed by atoms with Gasteiger partial charge in [-0.15, -0.1) is 0 Å². The zero-order chi connectivity index (χ0) is 13.8. The Morgan fingerprint density at radius 1 is 1.26 bits per heavy atom. The molecule has 2 amide bonds. The second-order valence-electron chi connectivity index (χ2n) is 5.99. The minimum Gasteiger partial charge on any atom is -0.392 e. The number of imide groups is 1. The topological polar surface area (TPSA) is 57.6 Å². The molecule has 1 fully saturated rings. The number of rotatable bonds is 1. The number of aliphatic hydroxyl groups excluding tert-OH is 1. The molecule has 4 heteroatoms. The normalized spacial score (nSPS) is 28.9. The van der Waals surface area contributed by atoms with Crippen LogP contribution in [0, 0.1) is 5.41 Å². The van der Waals surface area contributed by atoms with Crippen LogP contribution in [0.1, 0.15) is 36.2 Å². The summed E-state index contributed by atoms with van der Waals surface area (Å²) >= 11 is 0. The standard InChI is InChI=1S/C15H17NO3/c1-15(2)11(8-12(15)17)16-13(18)7-9-5-3-4-6-10(9)14(16)19/h3-6,11-12,17H,7-8H2,1-2H3. The van der Waals surface area contributed by atoms with Crippen molar-refractivity contribution in [3.05, 3.63) is 35.4 Å². The average molecular weight is 259 g/mol. The fourth-order valence-electron chi connectivity index (χ4n) is 3.01. The third-order valence-corrected chi connectivity index (χ3v) is 4.55. The van der Waals surface area contributed by atoms with Crippen molar-refractivity contribution >= 4 is 11.8 Å². The van der Waals surface area contributed by atoms with Gasteiger partial charge in [0.05, 0.1) is 18.6 Å². The smallest absolute Gasteiger partial charge is 0.261 e. The minimum absolute atomic E-state index is 0.159. The molecule has 3 rings (SSSR count). The lowest BCUT2D eigenvalue weighted by molar-refractivity contribution is -0.148. The molecule has 0 bridgehead atoms. The van der Waals surface area contributed by atoms with E-state index in [0.717, 1.165) is 5.56 Å². The Balaban J connectivity index is 1.97. The SMILES string of the molecule is CC1(C)C(O)CC1N1C(=O)Cc2ccccc2C1=O. The molecule has 1 aromatic carbocycles. The maximum atomic E-state index is 12.5. The second kappa shape index (κ2) is 3.90. The number of benzene rings is 1. The van der Waals surface area contributed by atoms with E-state index in [4.69, 9.17) is 0 Å². The number of amides is 2. The molecule has 1 aliphatic heterocycles. The summed E-state index contributed by atoms with van der Waals surface area (Å²) in [6, 6.07) is 7.04. The Hall–Kier alpha value is -1.68. The highest BCUT2D eigenvalue weighted by Crippen LogP contribution is 2.45. The van der Waals surface area contributed by atoms with Crippen molar-refractivity contribution in [2.45, 2.75) is 38.8 Å². The maximum absolute atomic E-state index is 12.5. The molecule has 0 aromatic heterocycles. The van der Waals surface area contributed by atoms with Gasteiger partial charge in [0, 0.05) is 11.0 Å². The van der Waals surface area contributed by atoms with Crippen molar-refractivity contribution in [1.29, 1.82) is 0 Å². The van der Waals surface area contributed by atoms with Crippen LogP contribution in [0.4, 0.5) is 0 Å². The Bertz CT molecular complexity index is 564. The quantitative estimate of drug-likeness (QED) is 0.775. The van der Waals surface area contributed by atoms with E-state index >= 15 is 0 Å². The molecule has 100 valence electrons. The minimum atomic E-state index is -0.449. The summed E-state index contributed by atoms with van der Waals surface area (Å²) < 4.78 is 0. The van der Waals surface area contributed by atoms with Gasteiger partial charge in [0.25, 0.3) is 5.91 Å². The molecule has 0 saturated heterocycles. The highest BCUT2D eigenvalue weighted by atomic mass is 16.3. The maximum Gasteiger partial charge on any atom is 0.261 e. The predicted octanol–water partition coefficient (Wildman–Crippen LogP) is 1.37. The molecular formula is C15H17NO3. The molecule has 2 aliphatic rings. The zero-order valence-electron chi connectivity index (χ0n) is 11.1. The number of fused-ring (bicyclic) bond motifs is 1. The van der Waals surface area contributed by atoms with Crippen molar-refractivity contribution in [1.82, 2.24) is 4.90 Å².